The van der Waals surface area contributed by atoms with E-state index in [2.05, 4.69) is 35.9 Å². The smallest absolute Gasteiger partial charge is 0.390 e. The van der Waals surface area contributed by atoms with Gasteiger partial charge in [-0.3, -0.25) is 0 Å². The molecule has 2 rings (SSSR count). The van der Waals surface area contributed by atoms with Gasteiger partial charge in [-0.1, -0.05) is 0 Å². The minimum atomic E-state index is -0.715. The highest BCUT2D eigenvalue weighted by molar-refractivity contribution is 5.18. The Kier molecular flexibility index (Phi) is 2.90. The van der Waals surface area contributed by atoms with Gasteiger partial charge in [-0.05, 0) is 25.1 Å². The summed E-state index contributed by atoms with van der Waals surface area (Å²) in [4.78, 5) is 19.2. The van der Waals surface area contributed by atoms with Gasteiger partial charge in [-0.2, -0.15) is 4.98 Å². The molecule has 0 saturated heterocycles. The Labute approximate surface area is 99.5 Å². The second-order valence-electron chi connectivity index (χ2n) is 3.02. The molecule has 0 radical (unpaired) electrons. The van der Waals surface area contributed by atoms with E-state index in [0.29, 0.717) is 5.95 Å². The molecule has 0 bridgehead atoms. The second kappa shape index (κ2) is 4.52. The molecule has 2 aromatic heterocycles. The third-order valence-corrected chi connectivity index (χ3v) is 1.82. The number of hydrogen-bond donors (Lipinski definition) is 1. The predicted molar refractivity (Wildman–Crippen MR) is 56.6 cm³/mol. The molecule has 94 valence electrons. The third kappa shape index (κ3) is 2.26. The van der Waals surface area contributed by atoms with Crippen LogP contribution in [0.4, 0.5) is 11.9 Å². The Morgan fingerprint density at radius 1 is 1.44 bits per heavy atom. The highest BCUT2D eigenvalue weighted by atomic mass is 16.6. The van der Waals surface area contributed by atoms with Crippen LogP contribution in [0, 0.1) is 17.0 Å². The molecule has 0 spiro atoms. The topological polar surface area (TPSA) is 141 Å². The lowest BCUT2D eigenvalue weighted by atomic mass is 10.7. The maximum atomic E-state index is 10.4. The lowest BCUT2D eigenvalue weighted by Gasteiger charge is -1.87. The van der Waals surface area contributed by atoms with Gasteiger partial charge in [0, 0.05) is 14.0 Å². The molecular weight excluding hydrogens is 244 g/mol. The minimum absolute atomic E-state index is 0.236. The van der Waals surface area contributed by atoms with Crippen LogP contribution in [0.3, 0.4) is 0 Å². The first-order valence-corrected chi connectivity index (χ1v) is 4.70. The maximum absolute atomic E-state index is 10.4. The summed E-state index contributed by atoms with van der Waals surface area (Å²) in [6.07, 6.45) is 1.32. The van der Waals surface area contributed by atoms with Crippen molar-refractivity contribution in [3.63, 3.8) is 0 Å². The lowest BCUT2D eigenvalue weighted by molar-refractivity contribution is -0.394. The summed E-state index contributed by atoms with van der Waals surface area (Å²) in [6.45, 7) is 1.51. The number of nitrogens with one attached hydrogen (secondary N) is 1. The van der Waals surface area contributed by atoms with Crippen LogP contribution in [0.5, 0.6) is 0 Å². The van der Waals surface area contributed by atoms with E-state index in [-0.39, 0.29) is 5.82 Å². The maximum Gasteiger partial charge on any atom is 0.493 e. The van der Waals surface area contributed by atoms with E-state index >= 15 is 0 Å². The number of nitrogens with zero attached hydrogens (tertiary/aromatic N) is 9. The number of nitro groups is 1. The average Bonchev–Trinajstić information content (AvgIpc) is 2.93. The second-order valence-corrected chi connectivity index (χ2v) is 3.02. The van der Waals surface area contributed by atoms with Crippen molar-refractivity contribution in [1.82, 2.24) is 29.7 Å². The molecule has 0 amide bonds. The van der Waals surface area contributed by atoms with E-state index in [0.717, 1.165) is 9.58 Å². The van der Waals surface area contributed by atoms with E-state index in [1.54, 1.807) is 7.05 Å². The first kappa shape index (κ1) is 11.6. The van der Waals surface area contributed by atoms with E-state index in [1.165, 1.54) is 13.3 Å². The van der Waals surface area contributed by atoms with Gasteiger partial charge in [-0.15, -0.1) is 9.89 Å². The van der Waals surface area contributed by atoms with Crippen molar-refractivity contribution >= 4 is 11.9 Å². The van der Waals surface area contributed by atoms with Crippen molar-refractivity contribution in [3.8, 4) is 0 Å². The van der Waals surface area contributed by atoms with Crippen LogP contribution < -0.4 is 5.32 Å². The van der Waals surface area contributed by atoms with Crippen LogP contribution in [0.25, 0.3) is 0 Å². The molecule has 0 saturated carbocycles. The Morgan fingerprint density at radius 2 is 2.22 bits per heavy atom. The zero-order valence-electron chi connectivity index (χ0n) is 9.42. The molecule has 0 aliphatic heterocycles. The van der Waals surface area contributed by atoms with Crippen LogP contribution in [-0.2, 0) is 0 Å². The fourth-order valence-electron chi connectivity index (χ4n) is 1.02. The van der Waals surface area contributed by atoms with Crippen molar-refractivity contribution in [3.05, 3.63) is 22.3 Å². The van der Waals surface area contributed by atoms with Gasteiger partial charge in [0.05, 0.1) is 5.10 Å². The lowest BCUT2D eigenvalue weighted by Crippen LogP contribution is -1.97. The van der Waals surface area contributed by atoms with E-state index in [9.17, 15) is 10.1 Å². The molecule has 1 N–H and O–H groups in total. The monoisotopic (exact) mass is 252 g/mol. The standard InChI is InChI=1S/C6H8N10O2/c1-4-9-6(16(17)18)11-15(4)13-12-14-3-8-5(7-2)10-14/h3H,1-2H3,(H,7,10)/b13-12+. The van der Waals surface area contributed by atoms with E-state index < -0.39 is 10.9 Å². The molecule has 12 heteroatoms. The summed E-state index contributed by atoms with van der Waals surface area (Å²) < 4.78 is 0. The van der Waals surface area contributed by atoms with Gasteiger partial charge < -0.3 is 15.4 Å². The fraction of sp³-hybridized carbons (Fsp3) is 0.333. The summed E-state index contributed by atoms with van der Waals surface area (Å²) in [5.74, 6) is 0.0654. The summed E-state index contributed by atoms with van der Waals surface area (Å²) in [5.41, 5.74) is 0. The predicted octanol–water partition coefficient (Wildman–Crippen LogP) is -0.193. The van der Waals surface area contributed by atoms with Gasteiger partial charge >= 0.3 is 5.95 Å². The Balaban J connectivity index is 2.20. The van der Waals surface area contributed by atoms with Gasteiger partial charge in [-0.25, -0.2) is 0 Å². The number of rotatable bonds is 4. The first-order valence-electron chi connectivity index (χ1n) is 4.70. The summed E-state index contributed by atoms with van der Waals surface area (Å²) >= 11 is 0. The van der Waals surface area contributed by atoms with Gasteiger partial charge in [0.2, 0.25) is 11.8 Å². The highest BCUT2D eigenvalue weighted by Crippen LogP contribution is 2.05. The molecule has 12 nitrogen and oxygen atoms in total. The number of anilines is 1. The number of hydrogen-bond acceptors (Lipinski definition) is 9. The summed E-state index contributed by atoms with van der Waals surface area (Å²) in [6, 6.07) is 0. The van der Waals surface area contributed by atoms with Gasteiger partial charge in [0.15, 0.2) is 0 Å². The highest BCUT2D eigenvalue weighted by Gasteiger charge is 2.17. The van der Waals surface area contributed by atoms with Crippen molar-refractivity contribution in [1.29, 1.82) is 0 Å². The molecule has 2 aromatic rings. The SMILES string of the molecule is CNc1ncn(/N=N/n2nc([N+](=O)[O-])nc2C)n1. The Morgan fingerprint density at radius 3 is 2.78 bits per heavy atom. The van der Waals surface area contributed by atoms with Gasteiger partial charge in [0.25, 0.3) is 0 Å². The molecule has 0 unspecified atom stereocenters. The van der Waals surface area contributed by atoms with E-state index in [1.807, 2.05) is 0 Å². The molecule has 0 aliphatic rings. The molecule has 18 heavy (non-hydrogen) atoms. The quantitative estimate of drug-likeness (QED) is 0.451. The normalized spacial score (nSPS) is 11.0. The third-order valence-electron chi connectivity index (χ3n) is 1.82. The van der Waals surface area contributed by atoms with Crippen molar-refractivity contribution in [2.24, 2.45) is 10.4 Å². The molecule has 2 heterocycles. The van der Waals surface area contributed by atoms with Crippen molar-refractivity contribution in [2.45, 2.75) is 6.92 Å². The zero-order valence-corrected chi connectivity index (χ0v) is 9.42. The molecule has 0 atom stereocenters. The van der Waals surface area contributed by atoms with Crippen LogP contribution in [0.15, 0.2) is 16.8 Å². The number of aromatic nitrogens is 6. The zero-order chi connectivity index (χ0) is 13.1. The van der Waals surface area contributed by atoms with Crippen LogP contribution >= 0.6 is 0 Å². The van der Waals surface area contributed by atoms with Crippen LogP contribution in [0.2, 0.25) is 0 Å². The van der Waals surface area contributed by atoms with E-state index in [4.69, 9.17) is 0 Å². The molecule has 0 aromatic carbocycles. The fourth-order valence-corrected chi connectivity index (χ4v) is 1.02. The van der Waals surface area contributed by atoms with Crippen molar-refractivity contribution < 1.29 is 4.92 Å². The molecular formula is C6H8N10O2. The summed E-state index contributed by atoms with van der Waals surface area (Å²) in [7, 11) is 1.65. The number of aryl methyl sites for hydroxylation is 1. The first-order chi connectivity index (χ1) is 8.60. The summed E-state index contributed by atoms with van der Waals surface area (Å²) in [5, 5.41) is 27.8. The largest absolute Gasteiger partial charge is 0.493 e. The van der Waals surface area contributed by atoms with Crippen LogP contribution in [-0.4, -0.2) is 41.7 Å². The molecule has 0 fully saturated rings. The average molecular weight is 252 g/mol. The van der Waals surface area contributed by atoms with Gasteiger partial charge in [0.1, 0.15) is 6.33 Å². The minimum Gasteiger partial charge on any atom is -0.390 e. The Hall–Kier alpha value is -2.92. The van der Waals surface area contributed by atoms with Crippen molar-refractivity contribution in [2.75, 3.05) is 12.4 Å². The Bertz CT molecular complexity index is 597. The van der Waals surface area contributed by atoms with Crippen LogP contribution in [0.1, 0.15) is 5.82 Å². The molecule has 0 aliphatic carbocycles.